The highest BCUT2D eigenvalue weighted by Gasteiger charge is 2.22. The maximum atomic E-state index is 8.81. The Morgan fingerprint density at radius 3 is 3.08 bits per heavy atom. The van der Waals surface area contributed by atoms with E-state index in [1.165, 1.54) is 12.8 Å². The largest absolute Gasteiger partial charge is 0.395 e. The van der Waals surface area contributed by atoms with Crippen LogP contribution >= 0.6 is 0 Å². The second-order valence-electron chi connectivity index (χ2n) is 3.36. The summed E-state index contributed by atoms with van der Waals surface area (Å²) in [6, 6.07) is 0.664. The zero-order chi connectivity index (χ0) is 8.81. The average Bonchev–Trinajstić information content (AvgIpc) is 2.50. The quantitative estimate of drug-likeness (QED) is 0.615. The van der Waals surface area contributed by atoms with E-state index in [4.69, 9.17) is 5.11 Å². The summed E-state index contributed by atoms with van der Waals surface area (Å²) in [5.41, 5.74) is 0. The van der Waals surface area contributed by atoms with Crippen molar-refractivity contribution in [2.75, 3.05) is 32.8 Å². The summed E-state index contributed by atoms with van der Waals surface area (Å²) >= 11 is 0. The molecule has 0 unspecified atom stereocenters. The van der Waals surface area contributed by atoms with E-state index in [1.54, 1.807) is 0 Å². The first-order valence-corrected chi connectivity index (χ1v) is 4.94. The van der Waals surface area contributed by atoms with Crippen molar-refractivity contribution in [2.45, 2.75) is 25.8 Å². The fraction of sp³-hybridized carbons (Fsp3) is 1.00. The Hall–Kier alpha value is -0.120. The normalized spacial score (nSPS) is 25.0. The summed E-state index contributed by atoms with van der Waals surface area (Å²) in [5, 5.41) is 12.2. The van der Waals surface area contributed by atoms with Crippen LogP contribution in [0.1, 0.15) is 19.8 Å². The van der Waals surface area contributed by atoms with Gasteiger partial charge in [-0.25, -0.2) is 0 Å². The van der Waals surface area contributed by atoms with Crippen LogP contribution in [0.2, 0.25) is 0 Å². The third-order valence-corrected chi connectivity index (χ3v) is 2.52. The number of hydrogen-bond acceptors (Lipinski definition) is 3. The van der Waals surface area contributed by atoms with E-state index in [0.717, 1.165) is 26.2 Å². The maximum Gasteiger partial charge on any atom is 0.0558 e. The van der Waals surface area contributed by atoms with Gasteiger partial charge in [0.25, 0.3) is 0 Å². The average molecular weight is 172 g/mol. The van der Waals surface area contributed by atoms with Crippen LogP contribution in [0.5, 0.6) is 0 Å². The predicted octanol–water partition coefficient (Wildman–Crippen LogP) is 0.0526. The summed E-state index contributed by atoms with van der Waals surface area (Å²) in [6.45, 7) is 6.56. The number of hydrogen-bond donors (Lipinski definition) is 2. The van der Waals surface area contributed by atoms with E-state index >= 15 is 0 Å². The van der Waals surface area contributed by atoms with Gasteiger partial charge in [0.15, 0.2) is 0 Å². The van der Waals surface area contributed by atoms with Gasteiger partial charge >= 0.3 is 0 Å². The van der Waals surface area contributed by atoms with Crippen LogP contribution in [0.15, 0.2) is 0 Å². The van der Waals surface area contributed by atoms with E-state index in [0.29, 0.717) is 12.6 Å². The van der Waals surface area contributed by atoms with E-state index in [2.05, 4.69) is 17.1 Å². The third-order valence-electron chi connectivity index (χ3n) is 2.52. The Morgan fingerprint density at radius 1 is 1.58 bits per heavy atom. The van der Waals surface area contributed by atoms with Crippen LogP contribution in [0, 0.1) is 0 Å². The van der Waals surface area contributed by atoms with Gasteiger partial charge in [-0.3, -0.25) is 4.90 Å². The number of aliphatic hydroxyl groups is 1. The summed E-state index contributed by atoms with van der Waals surface area (Å²) in [7, 11) is 0. The molecular weight excluding hydrogens is 152 g/mol. The SMILES string of the molecule is CCNC[C@@H]1CCCN1CCO. The minimum atomic E-state index is 0.294. The van der Waals surface area contributed by atoms with Crippen molar-refractivity contribution in [3.63, 3.8) is 0 Å². The van der Waals surface area contributed by atoms with Gasteiger partial charge in [0.2, 0.25) is 0 Å². The molecule has 3 nitrogen and oxygen atoms in total. The summed E-state index contributed by atoms with van der Waals surface area (Å²) in [6.07, 6.45) is 2.57. The molecule has 3 heteroatoms. The van der Waals surface area contributed by atoms with Crippen molar-refractivity contribution < 1.29 is 5.11 Å². The topological polar surface area (TPSA) is 35.5 Å². The van der Waals surface area contributed by atoms with E-state index in [1.807, 2.05) is 0 Å². The summed E-state index contributed by atoms with van der Waals surface area (Å²) in [5.74, 6) is 0. The molecular formula is C9H20N2O. The zero-order valence-corrected chi connectivity index (χ0v) is 7.92. The maximum absolute atomic E-state index is 8.81. The molecule has 0 aliphatic carbocycles. The number of likely N-dealkylation sites (tertiary alicyclic amines) is 1. The fourth-order valence-corrected chi connectivity index (χ4v) is 1.86. The molecule has 1 rings (SSSR count). The van der Waals surface area contributed by atoms with Gasteiger partial charge in [-0.05, 0) is 25.9 Å². The Bertz CT molecular complexity index is 119. The fourth-order valence-electron chi connectivity index (χ4n) is 1.86. The van der Waals surface area contributed by atoms with Crippen LogP contribution in [0.25, 0.3) is 0 Å². The number of aliphatic hydroxyl groups excluding tert-OH is 1. The molecule has 1 saturated heterocycles. The van der Waals surface area contributed by atoms with Crippen molar-refractivity contribution in [2.24, 2.45) is 0 Å². The number of nitrogens with zero attached hydrogens (tertiary/aromatic N) is 1. The number of nitrogens with one attached hydrogen (secondary N) is 1. The first kappa shape index (κ1) is 9.96. The molecule has 1 aliphatic heterocycles. The van der Waals surface area contributed by atoms with Gasteiger partial charge in [-0.15, -0.1) is 0 Å². The van der Waals surface area contributed by atoms with E-state index < -0.39 is 0 Å². The molecule has 0 aromatic carbocycles. The Labute approximate surface area is 74.8 Å². The first-order valence-electron chi connectivity index (χ1n) is 4.94. The Balaban J connectivity index is 2.20. The van der Waals surface area contributed by atoms with E-state index in [-0.39, 0.29) is 0 Å². The molecule has 0 saturated carbocycles. The minimum Gasteiger partial charge on any atom is -0.395 e. The zero-order valence-electron chi connectivity index (χ0n) is 7.92. The second-order valence-corrected chi connectivity index (χ2v) is 3.36. The highest BCUT2D eigenvalue weighted by atomic mass is 16.3. The minimum absolute atomic E-state index is 0.294. The molecule has 0 aromatic rings. The molecule has 12 heavy (non-hydrogen) atoms. The van der Waals surface area contributed by atoms with Gasteiger partial charge in [0, 0.05) is 19.1 Å². The first-order chi connectivity index (χ1) is 5.88. The second kappa shape index (κ2) is 5.51. The molecule has 1 fully saturated rings. The van der Waals surface area contributed by atoms with Crippen LogP contribution in [0.4, 0.5) is 0 Å². The Kier molecular flexibility index (Phi) is 4.58. The molecule has 0 radical (unpaired) electrons. The molecule has 0 spiro atoms. The highest BCUT2D eigenvalue weighted by Crippen LogP contribution is 2.15. The van der Waals surface area contributed by atoms with Gasteiger partial charge in [0.1, 0.15) is 0 Å². The Morgan fingerprint density at radius 2 is 2.42 bits per heavy atom. The predicted molar refractivity (Wildman–Crippen MR) is 50.2 cm³/mol. The van der Waals surface area contributed by atoms with Crippen LogP contribution in [-0.4, -0.2) is 48.8 Å². The van der Waals surface area contributed by atoms with Crippen molar-refractivity contribution in [1.82, 2.24) is 10.2 Å². The number of likely N-dealkylation sites (N-methyl/N-ethyl adjacent to an activating group) is 1. The summed E-state index contributed by atoms with van der Waals surface area (Å²) < 4.78 is 0. The monoisotopic (exact) mass is 172 g/mol. The molecule has 72 valence electrons. The molecule has 1 aliphatic rings. The smallest absolute Gasteiger partial charge is 0.0558 e. The molecule has 0 aromatic heterocycles. The van der Waals surface area contributed by atoms with Gasteiger partial charge < -0.3 is 10.4 Å². The van der Waals surface area contributed by atoms with Gasteiger partial charge in [-0.1, -0.05) is 6.92 Å². The van der Waals surface area contributed by atoms with Gasteiger partial charge in [-0.2, -0.15) is 0 Å². The molecule has 0 bridgehead atoms. The third kappa shape index (κ3) is 2.73. The molecule has 2 N–H and O–H groups in total. The van der Waals surface area contributed by atoms with Crippen molar-refractivity contribution in [3.8, 4) is 0 Å². The van der Waals surface area contributed by atoms with Crippen molar-refractivity contribution in [1.29, 1.82) is 0 Å². The lowest BCUT2D eigenvalue weighted by Crippen LogP contribution is -2.39. The molecule has 1 heterocycles. The lowest BCUT2D eigenvalue weighted by molar-refractivity contribution is 0.183. The van der Waals surface area contributed by atoms with Crippen LogP contribution < -0.4 is 5.32 Å². The highest BCUT2D eigenvalue weighted by molar-refractivity contribution is 4.80. The van der Waals surface area contributed by atoms with Crippen LogP contribution in [0.3, 0.4) is 0 Å². The van der Waals surface area contributed by atoms with Gasteiger partial charge in [0.05, 0.1) is 6.61 Å². The van der Waals surface area contributed by atoms with Crippen molar-refractivity contribution in [3.05, 3.63) is 0 Å². The lowest BCUT2D eigenvalue weighted by Gasteiger charge is -2.23. The molecule has 0 amide bonds. The van der Waals surface area contributed by atoms with Crippen LogP contribution in [-0.2, 0) is 0 Å². The van der Waals surface area contributed by atoms with Crippen molar-refractivity contribution >= 4 is 0 Å². The van der Waals surface area contributed by atoms with E-state index in [9.17, 15) is 0 Å². The number of rotatable bonds is 5. The number of β-amino-alcohol motifs (C(OH)–C–C–N with tert-alkyl or cyclic N) is 1. The summed E-state index contributed by atoms with van der Waals surface area (Å²) in [4.78, 5) is 2.38. The standard InChI is InChI=1S/C9H20N2O/c1-2-10-8-9-4-3-5-11(9)6-7-12/h9-10,12H,2-8H2,1H3/t9-/m0/s1. The lowest BCUT2D eigenvalue weighted by atomic mass is 10.2. The molecule has 1 atom stereocenters.